The molecule has 0 aromatic heterocycles. The predicted octanol–water partition coefficient (Wildman–Crippen LogP) is 4.32. The van der Waals surface area contributed by atoms with E-state index in [2.05, 4.69) is 21.2 Å². The molecule has 0 atom stereocenters. The number of nitriles is 1. The van der Waals surface area contributed by atoms with Crippen LogP contribution in [-0.2, 0) is 4.74 Å². The van der Waals surface area contributed by atoms with E-state index in [4.69, 9.17) is 21.6 Å². The van der Waals surface area contributed by atoms with Gasteiger partial charge in [0.25, 0.3) is 0 Å². The topological polar surface area (TPSA) is 62.1 Å². The predicted molar refractivity (Wildman–Crippen MR) is 73.7 cm³/mol. The van der Waals surface area contributed by atoms with Gasteiger partial charge in [0.1, 0.15) is 11.7 Å². The molecule has 0 aliphatic rings. The van der Waals surface area contributed by atoms with Crippen molar-refractivity contribution in [3.8, 4) is 6.07 Å². The molecule has 0 saturated carbocycles. The van der Waals surface area contributed by atoms with E-state index in [0.717, 1.165) is 0 Å². The summed E-state index contributed by atoms with van der Waals surface area (Å²) in [5.74, 6) is 0. The van der Waals surface area contributed by atoms with E-state index in [1.165, 1.54) is 6.07 Å². The molecule has 0 aliphatic carbocycles. The fourth-order valence-corrected chi connectivity index (χ4v) is 1.78. The highest BCUT2D eigenvalue weighted by molar-refractivity contribution is 9.10. The normalized spacial score (nSPS) is 10.7. The molecular formula is C12H12BrClN2O2. The van der Waals surface area contributed by atoms with Gasteiger partial charge in [-0.2, -0.15) is 5.26 Å². The van der Waals surface area contributed by atoms with Crippen LogP contribution in [0.3, 0.4) is 0 Å². The zero-order valence-corrected chi connectivity index (χ0v) is 12.5. The Morgan fingerprint density at radius 1 is 1.50 bits per heavy atom. The van der Waals surface area contributed by atoms with E-state index >= 15 is 0 Å². The summed E-state index contributed by atoms with van der Waals surface area (Å²) in [7, 11) is 0. The molecule has 18 heavy (non-hydrogen) atoms. The van der Waals surface area contributed by atoms with Gasteiger partial charge in [-0.25, -0.2) is 4.79 Å². The highest BCUT2D eigenvalue weighted by Crippen LogP contribution is 2.29. The number of carbonyl (C=O) groups excluding carboxylic acids is 1. The SMILES string of the molecule is CC(C)(C)OC(=O)Nc1cc(Br)c(Cl)c(C#N)c1. The zero-order chi connectivity index (χ0) is 13.9. The maximum absolute atomic E-state index is 11.6. The van der Waals surface area contributed by atoms with E-state index in [1.54, 1.807) is 26.8 Å². The van der Waals surface area contributed by atoms with Gasteiger partial charge in [0.05, 0.1) is 10.6 Å². The first kappa shape index (κ1) is 14.8. The molecule has 1 aromatic rings. The van der Waals surface area contributed by atoms with Gasteiger partial charge < -0.3 is 4.74 Å². The van der Waals surface area contributed by atoms with Crippen molar-refractivity contribution in [1.82, 2.24) is 0 Å². The molecule has 1 rings (SSSR count). The zero-order valence-electron chi connectivity index (χ0n) is 10.2. The fourth-order valence-electron chi connectivity index (χ4n) is 1.16. The molecule has 0 radical (unpaired) electrons. The van der Waals surface area contributed by atoms with Crippen molar-refractivity contribution < 1.29 is 9.53 Å². The lowest BCUT2D eigenvalue weighted by atomic mass is 10.2. The number of hydrogen-bond donors (Lipinski definition) is 1. The van der Waals surface area contributed by atoms with Crippen LogP contribution in [0.1, 0.15) is 26.3 Å². The molecule has 96 valence electrons. The number of nitrogens with one attached hydrogen (secondary N) is 1. The van der Waals surface area contributed by atoms with Crippen molar-refractivity contribution in [2.24, 2.45) is 0 Å². The van der Waals surface area contributed by atoms with Crippen LogP contribution in [0.4, 0.5) is 10.5 Å². The molecule has 0 saturated heterocycles. The van der Waals surface area contributed by atoms with Crippen LogP contribution in [0.5, 0.6) is 0 Å². The van der Waals surface area contributed by atoms with Crippen LogP contribution in [0, 0.1) is 11.3 Å². The van der Waals surface area contributed by atoms with E-state index in [0.29, 0.717) is 15.2 Å². The Kier molecular flexibility index (Phi) is 4.60. The van der Waals surface area contributed by atoms with Gasteiger partial charge in [0.15, 0.2) is 0 Å². The van der Waals surface area contributed by atoms with Crippen LogP contribution in [0.25, 0.3) is 0 Å². The van der Waals surface area contributed by atoms with Crippen LogP contribution >= 0.6 is 27.5 Å². The minimum absolute atomic E-state index is 0.275. The summed E-state index contributed by atoms with van der Waals surface area (Å²) in [4.78, 5) is 11.6. The molecule has 0 unspecified atom stereocenters. The number of halogens is 2. The maximum atomic E-state index is 11.6. The Hall–Kier alpha value is -1.25. The average molecular weight is 332 g/mol. The summed E-state index contributed by atoms with van der Waals surface area (Å²) in [5, 5.41) is 11.7. The largest absolute Gasteiger partial charge is 0.444 e. The molecule has 1 N–H and O–H groups in total. The van der Waals surface area contributed by atoms with Crippen molar-refractivity contribution in [2.75, 3.05) is 5.32 Å². The number of carbonyl (C=O) groups is 1. The van der Waals surface area contributed by atoms with E-state index < -0.39 is 11.7 Å². The third kappa shape index (κ3) is 4.21. The number of rotatable bonds is 1. The van der Waals surface area contributed by atoms with Gasteiger partial charge in [-0.05, 0) is 48.8 Å². The first-order valence-corrected chi connectivity index (χ1v) is 6.29. The van der Waals surface area contributed by atoms with Crippen LogP contribution in [-0.4, -0.2) is 11.7 Å². The lowest BCUT2D eigenvalue weighted by molar-refractivity contribution is 0.0636. The lowest BCUT2D eigenvalue weighted by Gasteiger charge is -2.19. The standard InChI is InChI=1S/C12H12BrClN2O2/c1-12(2,3)18-11(17)16-8-4-7(6-15)10(14)9(13)5-8/h4-5H,1-3H3,(H,16,17). The third-order valence-electron chi connectivity index (χ3n) is 1.79. The first-order valence-electron chi connectivity index (χ1n) is 5.12. The van der Waals surface area contributed by atoms with Crippen LogP contribution < -0.4 is 5.32 Å². The van der Waals surface area contributed by atoms with Gasteiger partial charge in [-0.1, -0.05) is 11.6 Å². The van der Waals surface area contributed by atoms with E-state index in [-0.39, 0.29) is 5.56 Å². The van der Waals surface area contributed by atoms with Crippen LogP contribution in [0.15, 0.2) is 16.6 Å². The number of nitrogens with zero attached hydrogens (tertiary/aromatic N) is 1. The summed E-state index contributed by atoms with van der Waals surface area (Å²) in [5.41, 5.74) is 0.139. The van der Waals surface area contributed by atoms with Gasteiger partial charge >= 0.3 is 6.09 Å². The van der Waals surface area contributed by atoms with Gasteiger partial charge in [-0.15, -0.1) is 0 Å². The fraction of sp³-hybridized carbons (Fsp3) is 0.333. The van der Waals surface area contributed by atoms with Gasteiger partial charge in [0.2, 0.25) is 0 Å². The highest BCUT2D eigenvalue weighted by Gasteiger charge is 2.17. The maximum Gasteiger partial charge on any atom is 0.412 e. The summed E-state index contributed by atoms with van der Waals surface area (Å²) in [6.45, 7) is 5.31. The summed E-state index contributed by atoms with van der Waals surface area (Å²) < 4.78 is 5.64. The Balaban J connectivity index is 2.90. The Morgan fingerprint density at radius 2 is 2.11 bits per heavy atom. The second-order valence-electron chi connectivity index (χ2n) is 4.56. The molecule has 1 aromatic carbocycles. The summed E-state index contributed by atoms with van der Waals surface area (Å²) in [6, 6.07) is 5.03. The second-order valence-corrected chi connectivity index (χ2v) is 5.79. The average Bonchev–Trinajstić information content (AvgIpc) is 2.20. The summed E-state index contributed by atoms with van der Waals surface area (Å²) >= 11 is 9.11. The second kappa shape index (κ2) is 5.59. The molecule has 0 fully saturated rings. The number of hydrogen-bond acceptors (Lipinski definition) is 3. The molecule has 0 aliphatic heterocycles. The minimum Gasteiger partial charge on any atom is -0.444 e. The molecule has 0 spiro atoms. The molecule has 6 heteroatoms. The van der Waals surface area contributed by atoms with Crippen LogP contribution in [0.2, 0.25) is 5.02 Å². The van der Waals surface area contributed by atoms with Crippen molar-refractivity contribution in [3.63, 3.8) is 0 Å². The molecular weight excluding hydrogens is 320 g/mol. The van der Waals surface area contributed by atoms with Crippen molar-refractivity contribution in [1.29, 1.82) is 5.26 Å². The first-order chi connectivity index (χ1) is 8.23. The number of benzene rings is 1. The Bertz CT molecular complexity index is 518. The number of anilines is 1. The quantitative estimate of drug-likeness (QED) is 0.833. The lowest BCUT2D eigenvalue weighted by Crippen LogP contribution is -2.27. The number of ether oxygens (including phenoxy) is 1. The van der Waals surface area contributed by atoms with Gasteiger partial charge in [0, 0.05) is 10.2 Å². The Labute approximate surface area is 119 Å². The van der Waals surface area contributed by atoms with Gasteiger partial charge in [-0.3, -0.25) is 5.32 Å². The molecule has 0 heterocycles. The summed E-state index contributed by atoms with van der Waals surface area (Å²) in [6.07, 6.45) is -0.583. The monoisotopic (exact) mass is 330 g/mol. The van der Waals surface area contributed by atoms with Crippen molar-refractivity contribution in [2.45, 2.75) is 26.4 Å². The smallest absolute Gasteiger partial charge is 0.412 e. The van der Waals surface area contributed by atoms with E-state index in [1.807, 2.05) is 6.07 Å². The minimum atomic E-state index is -0.583. The Morgan fingerprint density at radius 3 is 2.61 bits per heavy atom. The molecule has 1 amide bonds. The van der Waals surface area contributed by atoms with E-state index in [9.17, 15) is 4.79 Å². The molecule has 4 nitrogen and oxygen atoms in total. The molecule has 0 bridgehead atoms. The number of amides is 1. The van der Waals surface area contributed by atoms with Crippen molar-refractivity contribution in [3.05, 3.63) is 27.2 Å². The third-order valence-corrected chi connectivity index (χ3v) is 3.05. The highest BCUT2D eigenvalue weighted by atomic mass is 79.9. The van der Waals surface area contributed by atoms with Crippen molar-refractivity contribution >= 4 is 39.3 Å².